The van der Waals surface area contributed by atoms with Crippen molar-refractivity contribution in [3.8, 4) is 0 Å². The van der Waals surface area contributed by atoms with Crippen molar-refractivity contribution < 1.29 is 4.74 Å². The van der Waals surface area contributed by atoms with Crippen LogP contribution in [0.2, 0.25) is 0 Å². The van der Waals surface area contributed by atoms with Crippen molar-refractivity contribution in [3.63, 3.8) is 0 Å². The van der Waals surface area contributed by atoms with Crippen LogP contribution in [-0.4, -0.2) is 61.3 Å². The smallest absolute Gasteiger partial charge is 0.0736 e. The second kappa shape index (κ2) is 5.89. The maximum absolute atomic E-state index is 5.56. The lowest BCUT2D eigenvalue weighted by Gasteiger charge is -2.31. The number of hydrogen-bond acceptors (Lipinski definition) is 3. The molecule has 5 atom stereocenters. The summed E-state index contributed by atoms with van der Waals surface area (Å²) in [7, 11) is 4.11. The minimum absolute atomic E-state index is 0.442. The topological polar surface area (TPSA) is 15.7 Å². The average molecular weight is 254 g/mol. The molecule has 0 saturated carbocycles. The average Bonchev–Trinajstić information content (AvgIpc) is 2.83. The molecule has 0 radical (unpaired) electrons. The van der Waals surface area contributed by atoms with E-state index >= 15 is 0 Å². The van der Waals surface area contributed by atoms with Crippen LogP contribution >= 0.6 is 0 Å². The minimum atomic E-state index is 0.442. The summed E-state index contributed by atoms with van der Waals surface area (Å²) in [5.41, 5.74) is 0. The summed E-state index contributed by atoms with van der Waals surface area (Å²) >= 11 is 0. The summed E-state index contributed by atoms with van der Waals surface area (Å²) in [5, 5.41) is 0. The highest BCUT2D eigenvalue weighted by molar-refractivity contribution is 4.90. The predicted molar refractivity (Wildman–Crippen MR) is 75.9 cm³/mol. The molecule has 2 fully saturated rings. The molecule has 3 nitrogen and oxygen atoms in total. The molecule has 0 spiro atoms. The quantitative estimate of drug-likeness (QED) is 0.765. The van der Waals surface area contributed by atoms with Gasteiger partial charge in [0.15, 0.2) is 0 Å². The molecule has 0 aromatic heterocycles. The van der Waals surface area contributed by atoms with E-state index in [2.05, 4.69) is 37.6 Å². The molecule has 0 aromatic carbocycles. The highest BCUT2D eigenvalue weighted by Crippen LogP contribution is 2.30. The van der Waals surface area contributed by atoms with E-state index in [4.69, 9.17) is 4.74 Å². The van der Waals surface area contributed by atoms with Crippen LogP contribution in [0.1, 0.15) is 40.0 Å². The summed E-state index contributed by atoms with van der Waals surface area (Å²) < 4.78 is 5.56. The second-order valence-corrected chi connectivity index (χ2v) is 6.52. The first-order valence-corrected chi connectivity index (χ1v) is 7.51. The van der Waals surface area contributed by atoms with Crippen LogP contribution in [0.4, 0.5) is 0 Å². The van der Waals surface area contributed by atoms with Crippen LogP contribution < -0.4 is 0 Å². The molecular weight excluding hydrogens is 224 g/mol. The first kappa shape index (κ1) is 14.3. The Balaban J connectivity index is 1.83. The van der Waals surface area contributed by atoms with Gasteiger partial charge >= 0.3 is 0 Å². The van der Waals surface area contributed by atoms with E-state index in [-0.39, 0.29) is 0 Å². The van der Waals surface area contributed by atoms with Crippen molar-refractivity contribution in [2.75, 3.05) is 27.2 Å². The van der Waals surface area contributed by atoms with Gasteiger partial charge in [-0.05, 0) is 53.0 Å². The van der Waals surface area contributed by atoms with Gasteiger partial charge in [0, 0.05) is 38.3 Å². The van der Waals surface area contributed by atoms with E-state index in [1.54, 1.807) is 0 Å². The fourth-order valence-corrected chi connectivity index (χ4v) is 3.98. The Morgan fingerprint density at radius 3 is 2.56 bits per heavy atom. The van der Waals surface area contributed by atoms with Crippen molar-refractivity contribution >= 4 is 0 Å². The monoisotopic (exact) mass is 254 g/mol. The van der Waals surface area contributed by atoms with Crippen LogP contribution in [-0.2, 0) is 4.74 Å². The van der Waals surface area contributed by atoms with Crippen LogP contribution in [0.15, 0.2) is 0 Å². The molecule has 3 heteroatoms. The summed E-state index contributed by atoms with van der Waals surface area (Å²) in [4.78, 5) is 5.15. The van der Waals surface area contributed by atoms with Crippen molar-refractivity contribution in [2.45, 2.75) is 64.3 Å². The molecule has 0 bridgehead atoms. The third kappa shape index (κ3) is 2.89. The number of ether oxygens (including phenoxy) is 1. The maximum atomic E-state index is 5.56. The van der Waals surface area contributed by atoms with Gasteiger partial charge < -0.3 is 9.64 Å². The molecule has 2 aliphatic heterocycles. The lowest BCUT2D eigenvalue weighted by Crippen LogP contribution is -2.40. The van der Waals surface area contributed by atoms with Gasteiger partial charge in [-0.15, -0.1) is 0 Å². The zero-order valence-corrected chi connectivity index (χ0v) is 12.7. The Hall–Kier alpha value is -0.120. The van der Waals surface area contributed by atoms with Crippen LogP contribution in [0, 0.1) is 5.92 Å². The third-order valence-corrected chi connectivity index (χ3v) is 5.25. The molecule has 2 aliphatic rings. The predicted octanol–water partition coefficient (Wildman–Crippen LogP) is 2.21. The fourth-order valence-electron chi connectivity index (χ4n) is 3.98. The van der Waals surface area contributed by atoms with Gasteiger partial charge in [-0.25, -0.2) is 0 Å². The van der Waals surface area contributed by atoms with Gasteiger partial charge in [0.2, 0.25) is 0 Å². The Morgan fingerprint density at radius 2 is 2.06 bits per heavy atom. The minimum Gasteiger partial charge on any atom is -0.380 e. The Labute approximate surface area is 112 Å². The highest BCUT2D eigenvalue weighted by Gasteiger charge is 2.35. The van der Waals surface area contributed by atoms with Crippen LogP contribution in [0.5, 0.6) is 0 Å². The summed E-state index contributed by atoms with van der Waals surface area (Å²) in [5.74, 6) is 0.883. The first-order chi connectivity index (χ1) is 8.52. The van der Waals surface area contributed by atoms with Crippen molar-refractivity contribution in [2.24, 2.45) is 5.92 Å². The Morgan fingerprint density at radius 1 is 1.33 bits per heavy atom. The standard InChI is InChI=1S/C15H30N2O/c1-11-8-14(10-16(11)4)9-12(2)17-7-6-15(18-5)13(17)3/h11-15H,6-10H2,1-5H3/t11?,12?,13-,14?,15?/m0/s1. The zero-order chi connectivity index (χ0) is 13.3. The molecule has 0 amide bonds. The van der Waals surface area contributed by atoms with E-state index in [1.165, 1.54) is 32.4 Å². The normalized spacial score (nSPS) is 40.5. The molecule has 2 saturated heterocycles. The van der Waals surface area contributed by atoms with Crippen LogP contribution in [0.25, 0.3) is 0 Å². The zero-order valence-electron chi connectivity index (χ0n) is 12.7. The van der Waals surface area contributed by atoms with Crippen molar-refractivity contribution in [3.05, 3.63) is 0 Å². The SMILES string of the molecule is COC1CCN(C(C)CC2CC(C)N(C)C2)[C@H]1C. The molecule has 0 N–H and O–H groups in total. The van der Waals surface area contributed by atoms with Crippen molar-refractivity contribution in [1.82, 2.24) is 9.80 Å². The molecule has 18 heavy (non-hydrogen) atoms. The number of methoxy groups -OCH3 is 1. The van der Waals surface area contributed by atoms with E-state index in [9.17, 15) is 0 Å². The Kier molecular flexibility index (Phi) is 4.68. The van der Waals surface area contributed by atoms with E-state index in [0.29, 0.717) is 18.2 Å². The van der Waals surface area contributed by atoms with Crippen LogP contribution in [0.3, 0.4) is 0 Å². The van der Waals surface area contributed by atoms with Gasteiger partial charge in [0.1, 0.15) is 0 Å². The molecule has 2 heterocycles. The van der Waals surface area contributed by atoms with E-state index in [0.717, 1.165) is 12.0 Å². The highest BCUT2D eigenvalue weighted by atomic mass is 16.5. The number of hydrogen-bond donors (Lipinski definition) is 0. The number of rotatable bonds is 4. The first-order valence-electron chi connectivity index (χ1n) is 7.51. The van der Waals surface area contributed by atoms with Gasteiger partial charge in [0.05, 0.1) is 6.10 Å². The van der Waals surface area contributed by atoms with E-state index in [1.807, 2.05) is 7.11 Å². The van der Waals surface area contributed by atoms with Gasteiger partial charge in [-0.3, -0.25) is 4.90 Å². The second-order valence-electron chi connectivity index (χ2n) is 6.52. The molecule has 0 aliphatic carbocycles. The molecule has 106 valence electrons. The number of nitrogens with zero attached hydrogens (tertiary/aromatic N) is 2. The van der Waals surface area contributed by atoms with Gasteiger partial charge in [0.25, 0.3) is 0 Å². The fraction of sp³-hybridized carbons (Fsp3) is 1.00. The van der Waals surface area contributed by atoms with Crippen molar-refractivity contribution in [1.29, 1.82) is 0 Å². The molecule has 4 unspecified atom stereocenters. The molecule has 2 rings (SSSR count). The Bertz CT molecular complexity index is 261. The van der Waals surface area contributed by atoms with Gasteiger partial charge in [-0.1, -0.05) is 0 Å². The molecule has 0 aromatic rings. The lowest BCUT2D eigenvalue weighted by molar-refractivity contribution is 0.0595. The number of likely N-dealkylation sites (tertiary alicyclic amines) is 2. The van der Waals surface area contributed by atoms with E-state index < -0.39 is 0 Å². The van der Waals surface area contributed by atoms with Gasteiger partial charge in [-0.2, -0.15) is 0 Å². The summed E-state index contributed by atoms with van der Waals surface area (Å²) in [6.45, 7) is 9.56. The molecular formula is C15H30N2O. The summed E-state index contributed by atoms with van der Waals surface area (Å²) in [6.07, 6.45) is 4.35. The lowest BCUT2D eigenvalue weighted by atomic mass is 9.97. The summed E-state index contributed by atoms with van der Waals surface area (Å²) in [6, 6.07) is 2.05. The largest absolute Gasteiger partial charge is 0.380 e. The maximum Gasteiger partial charge on any atom is 0.0736 e. The third-order valence-electron chi connectivity index (χ3n) is 5.25.